The lowest BCUT2D eigenvalue weighted by molar-refractivity contribution is -0.116. The highest BCUT2D eigenvalue weighted by molar-refractivity contribution is 7.99. The second kappa shape index (κ2) is 8.38. The van der Waals surface area contributed by atoms with Gasteiger partial charge in [-0.25, -0.2) is 23.2 Å². The van der Waals surface area contributed by atoms with Gasteiger partial charge in [-0.15, -0.1) is 0 Å². The number of nitrogens with two attached hydrogens (primary N) is 1. The first-order chi connectivity index (χ1) is 16.2. The highest BCUT2D eigenvalue weighted by Gasteiger charge is 2.29. The number of aromatic nitrogens is 4. The Bertz CT molecular complexity index is 1590. The number of carbonyl (C=O) groups excluding carboxylic acids is 1. The maximum Gasteiger partial charge on any atom is 0.265 e. The zero-order chi connectivity index (χ0) is 24.0. The number of para-hydroxylation sites is 1. The lowest BCUT2D eigenvalue weighted by Gasteiger charge is -2.14. The topological polar surface area (TPSA) is 142 Å². The van der Waals surface area contributed by atoms with E-state index in [1.165, 1.54) is 42.2 Å². The number of amides is 1. The highest BCUT2D eigenvalue weighted by atomic mass is 32.2. The zero-order valence-corrected chi connectivity index (χ0v) is 19.6. The van der Waals surface area contributed by atoms with Gasteiger partial charge in [0, 0.05) is 17.9 Å². The Morgan fingerprint density at radius 3 is 2.65 bits per heavy atom. The van der Waals surface area contributed by atoms with Gasteiger partial charge < -0.3 is 5.32 Å². The van der Waals surface area contributed by atoms with E-state index < -0.39 is 10.0 Å². The van der Waals surface area contributed by atoms with Crippen LogP contribution in [0.2, 0.25) is 0 Å². The van der Waals surface area contributed by atoms with Gasteiger partial charge >= 0.3 is 0 Å². The van der Waals surface area contributed by atoms with Gasteiger partial charge in [0.1, 0.15) is 5.39 Å². The molecule has 2 aromatic carbocycles. The van der Waals surface area contributed by atoms with Crippen molar-refractivity contribution in [3.63, 3.8) is 0 Å². The lowest BCUT2D eigenvalue weighted by Crippen LogP contribution is -2.27. The number of carbonyl (C=O) groups is 1. The molecule has 2 aromatic heterocycles. The molecule has 12 heteroatoms. The summed E-state index contributed by atoms with van der Waals surface area (Å²) in [6, 6.07) is 12.9. The molecule has 174 valence electrons. The molecule has 1 aliphatic rings. The minimum atomic E-state index is -3.81. The van der Waals surface area contributed by atoms with E-state index >= 15 is 0 Å². The van der Waals surface area contributed by atoms with Crippen molar-refractivity contribution >= 4 is 44.4 Å². The van der Waals surface area contributed by atoms with Gasteiger partial charge in [-0.3, -0.25) is 14.2 Å². The molecule has 3 heterocycles. The average molecular weight is 497 g/mol. The van der Waals surface area contributed by atoms with Crippen LogP contribution in [0.1, 0.15) is 18.0 Å². The number of hydrogen-bond donors (Lipinski definition) is 2. The first-order valence-corrected chi connectivity index (χ1v) is 12.9. The molecular weight excluding hydrogens is 476 g/mol. The Morgan fingerprint density at radius 2 is 1.94 bits per heavy atom. The fourth-order valence-electron chi connectivity index (χ4n) is 3.91. The van der Waals surface area contributed by atoms with Crippen LogP contribution in [-0.4, -0.2) is 39.4 Å². The number of fused-ring (bicyclic) bond motifs is 2. The van der Waals surface area contributed by atoms with Crippen molar-refractivity contribution in [2.75, 3.05) is 11.1 Å². The molecule has 0 bridgehead atoms. The molecule has 3 N–H and O–H groups in total. The summed E-state index contributed by atoms with van der Waals surface area (Å²) in [6.07, 6.45) is 1.58. The summed E-state index contributed by atoms with van der Waals surface area (Å²) in [5.74, 6) is 0.231. The van der Waals surface area contributed by atoms with Crippen molar-refractivity contribution in [3.05, 3.63) is 70.6 Å². The number of sulfonamides is 1. The SMILES string of the molecule is Cc1ccccc1-n1ncc2c(=O)n3c(nc21)SCC3CC(=O)Nc1ccc(S(N)(=O)=O)cc1. The summed E-state index contributed by atoms with van der Waals surface area (Å²) in [7, 11) is -3.81. The van der Waals surface area contributed by atoms with Gasteiger partial charge in [-0.1, -0.05) is 30.0 Å². The molecule has 0 aliphatic carbocycles. The predicted octanol–water partition coefficient (Wildman–Crippen LogP) is 2.21. The van der Waals surface area contributed by atoms with Gasteiger partial charge in [0.25, 0.3) is 5.56 Å². The number of hydrogen-bond acceptors (Lipinski definition) is 7. The van der Waals surface area contributed by atoms with Gasteiger partial charge in [0.15, 0.2) is 10.8 Å². The smallest absolute Gasteiger partial charge is 0.265 e. The van der Waals surface area contributed by atoms with Gasteiger partial charge in [0.2, 0.25) is 15.9 Å². The third kappa shape index (κ3) is 4.00. The summed E-state index contributed by atoms with van der Waals surface area (Å²) in [6.45, 7) is 1.97. The molecule has 1 unspecified atom stereocenters. The first kappa shape index (κ1) is 22.3. The zero-order valence-electron chi connectivity index (χ0n) is 18.0. The van der Waals surface area contributed by atoms with Crippen LogP contribution in [0.25, 0.3) is 16.7 Å². The van der Waals surface area contributed by atoms with Crippen LogP contribution in [0.4, 0.5) is 5.69 Å². The predicted molar refractivity (Wildman–Crippen MR) is 129 cm³/mol. The van der Waals surface area contributed by atoms with Crippen molar-refractivity contribution in [1.29, 1.82) is 0 Å². The molecule has 0 spiro atoms. The van der Waals surface area contributed by atoms with Crippen molar-refractivity contribution in [2.24, 2.45) is 5.14 Å². The van der Waals surface area contributed by atoms with E-state index in [1.54, 1.807) is 9.25 Å². The van der Waals surface area contributed by atoms with E-state index in [2.05, 4.69) is 10.4 Å². The average Bonchev–Trinajstić information content (AvgIpc) is 3.39. The van der Waals surface area contributed by atoms with E-state index in [1.807, 2.05) is 31.2 Å². The molecule has 1 atom stereocenters. The fourth-order valence-corrected chi connectivity index (χ4v) is 5.56. The monoisotopic (exact) mass is 496 g/mol. The van der Waals surface area contributed by atoms with Crippen LogP contribution in [-0.2, 0) is 14.8 Å². The van der Waals surface area contributed by atoms with E-state index in [0.29, 0.717) is 27.6 Å². The third-order valence-electron chi connectivity index (χ3n) is 5.60. The van der Waals surface area contributed by atoms with E-state index in [4.69, 9.17) is 10.1 Å². The van der Waals surface area contributed by atoms with Crippen LogP contribution in [0.3, 0.4) is 0 Å². The molecule has 0 radical (unpaired) electrons. The minimum absolute atomic E-state index is 0.0421. The quantitative estimate of drug-likeness (QED) is 0.403. The highest BCUT2D eigenvalue weighted by Crippen LogP contribution is 2.33. The van der Waals surface area contributed by atoms with Crippen molar-refractivity contribution in [2.45, 2.75) is 29.4 Å². The molecule has 4 aromatic rings. The summed E-state index contributed by atoms with van der Waals surface area (Å²) in [5.41, 5.74) is 2.54. The van der Waals surface area contributed by atoms with Crippen LogP contribution in [0.15, 0.2) is 69.6 Å². The first-order valence-electron chi connectivity index (χ1n) is 10.3. The Labute approximate surface area is 198 Å². The van der Waals surface area contributed by atoms with Crippen LogP contribution in [0.5, 0.6) is 0 Å². The van der Waals surface area contributed by atoms with Crippen LogP contribution in [0, 0.1) is 6.92 Å². The number of aryl methyl sites for hydroxylation is 1. The van der Waals surface area contributed by atoms with E-state index in [9.17, 15) is 18.0 Å². The van der Waals surface area contributed by atoms with Crippen molar-refractivity contribution in [1.82, 2.24) is 19.3 Å². The third-order valence-corrected chi connectivity index (χ3v) is 7.63. The molecule has 34 heavy (non-hydrogen) atoms. The number of rotatable bonds is 5. The van der Waals surface area contributed by atoms with E-state index in [0.717, 1.165) is 11.3 Å². The maximum atomic E-state index is 13.3. The maximum absolute atomic E-state index is 13.3. The number of nitrogens with one attached hydrogen (secondary N) is 1. The van der Waals surface area contributed by atoms with Crippen LogP contribution < -0.4 is 16.0 Å². The van der Waals surface area contributed by atoms with Gasteiger partial charge in [-0.2, -0.15) is 5.10 Å². The molecule has 10 nitrogen and oxygen atoms in total. The Morgan fingerprint density at radius 1 is 1.21 bits per heavy atom. The molecule has 5 rings (SSSR count). The standard InChI is InChI=1S/C22H20N6O4S2/c1-13-4-2-3-5-18(13)28-20-17(11-24-28)21(30)27-15(12-33-22(27)26-20)10-19(29)25-14-6-8-16(9-7-14)34(23,31)32/h2-9,11,15H,10,12H2,1H3,(H,25,29)(H2,23,31,32). The van der Waals surface area contributed by atoms with Gasteiger partial charge in [0.05, 0.1) is 22.8 Å². The summed E-state index contributed by atoms with van der Waals surface area (Å²) < 4.78 is 26.0. The summed E-state index contributed by atoms with van der Waals surface area (Å²) in [4.78, 5) is 30.6. The van der Waals surface area contributed by atoms with Crippen LogP contribution >= 0.6 is 11.8 Å². The number of thioether (sulfide) groups is 1. The largest absolute Gasteiger partial charge is 0.326 e. The second-order valence-electron chi connectivity index (χ2n) is 7.94. The molecular formula is C22H20N6O4S2. The molecule has 0 fully saturated rings. The summed E-state index contributed by atoms with van der Waals surface area (Å²) >= 11 is 1.42. The second-order valence-corrected chi connectivity index (χ2v) is 10.5. The fraction of sp³-hybridized carbons (Fsp3) is 0.182. The van der Waals surface area contributed by atoms with Gasteiger partial charge in [-0.05, 0) is 42.8 Å². The van der Waals surface area contributed by atoms with Crippen molar-refractivity contribution in [3.8, 4) is 5.69 Å². The Kier molecular flexibility index (Phi) is 5.50. The number of primary sulfonamides is 1. The van der Waals surface area contributed by atoms with E-state index in [-0.39, 0.29) is 28.8 Å². The summed E-state index contributed by atoms with van der Waals surface area (Å²) in [5, 5.41) is 13.2. The number of anilines is 1. The Balaban J connectivity index is 1.40. The molecule has 0 saturated carbocycles. The minimum Gasteiger partial charge on any atom is -0.326 e. The normalized spacial score (nSPS) is 15.4. The molecule has 1 aliphatic heterocycles. The van der Waals surface area contributed by atoms with Crippen molar-refractivity contribution < 1.29 is 13.2 Å². The lowest BCUT2D eigenvalue weighted by atomic mass is 10.2. The molecule has 0 saturated heterocycles. The Hall–Kier alpha value is -3.48. The molecule has 1 amide bonds. The number of benzene rings is 2. The number of nitrogens with zero attached hydrogens (tertiary/aromatic N) is 4.